The number of hydrogen-bond acceptors (Lipinski definition) is 7. The lowest BCUT2D eigenvalue weighted by Gasteiger charge is -2.27. The second-order valence-corrected chi connectivity index (χ2v) is 5.80. The molecule has 0 radical (unpaired) electrons. The standard InChI is InChI=1S/C19H18N4O3/c1-25-15-6-5-13-17(18(15)26-2)22-16(23-9-8-21-19(13)23)10-14(24)12-4-3-7-20-11-12/h3-7,10-11,24H,8-9H2,1-2H3/b14-10+. The van der Waals surface area contributed by atoms with E-state index in [1.54, 1.807) is 44.8 Å². The maximum atomic E-state index is 10.5. The van der Waals surface area contributed by atoms with Crippen LogP contribution in [0.2, 0.25) is 0 Å². The summed E-state index contributed by atoms with van der Waals surface area (Å²) in [4.78, 5) is 15.4. The molecule has 7 nitrogen and oxygen atoms in total. The number of benzene rings is 1. The van der Waals surface area contributed by atoms with Gasteiger partial charge < -0.3 is 19.5 Å². The number of aliphatic imine (C=N–C) groups is 2. The van der Waals surface area contributed by atoms with Crippen LogP contribution >= 0.6 is 0 Å². The molecule has 0 saturated heterocycles. The third-order valence-corrected chi connectivity index (χ3v) is 4.33. The number of fused-ring (bicyclic) bond motifs is 3. The normalized spacial score (nSPS) is 15.8. The van der Waals surface area contributed by atoms with E-state index in [0.717, 1.165) is 11.4 Å². The third kappa shape index (κ3) is 2.57. The molecule has 0 bridgehead atoms. The van der Waals surface area contributed by atoms with E-state index < -0.39 is 0 Å². The number of hydrogen-bond donors (Lipinski definition) is 1. The van der Waals surface area contributed by atoms with Gasteiger partial charge in [-0.1, -0.05) is 0 Å². The fourth-order valence-electron chi connectivity index (χ4n) is 3.11. The van der Waals surface area contributed by atoms with E-state index >= 15 is 0 Å². The summed E-state index contributed by atoms with van der Waals surface area (Å²) in [5, 5.41) is 10.5. The molecule has 0 aliphatic carbocycles. The van der Waals surface area contributed by atoms with E-state index in [-0.39, 0.29) is 5.76 Å². The molecule has 2 aliphatic heterocycles. The smallest absolute Gasteiger partial charge is 0.187 e. The Hall–Kier alpha value is -3.35. The lowest BCUT2D eigenvalue weighted by Crippen LogP contribution is -2.36. The van der Waals surface area contributed by atoms with Crippen LogP contribution in [0.25, 0.3) is 5.76 Å². The number of rotatable bonds is 4. The molecule has 2 aromatic rings. The van der Waals surface area contributed by atoms with Gasteiger partial charge in [0, 0.05) is 36.1 Å². The summed E-state index contributed by atoms with van der Waals surface area (Å²) >= 11 is 0. The van der Waals surface area contributed by atoms with E-state index in [2.05, 4.69) is 9.98 Å². The number of aliphatic hydroxyl groups excluding tert-OH is 1. The molecule has 0 amide bonds. The summed E-state index contributed by atoms with van der Waals surface area (Å²) in [6.07, 6.45) is 4.89. The van der Waals surface area contributed by atoms with Gasteiger partial charge >= 0.3 is 0 Å². The van der Waals surface area contributed by atoms with Crippen LogP contribution in [0.5, 0.6) is 11.5 Å². The predicted molar refractivity (Wildman–Crippen MR) is 99.6 cm³/mol. The van der Waals surface area contributed by atoms with E-state index in [9.17, 15) is 5.11 Å². The Labute approximate surface area is 150 Å². The monoisotopic (exact) mass is 350 g/mol. The molecule has 1 aromatic carbocycles. The van der Waals surface area contributed by atoms with Crippen molar-refractivity contribution in [3.8, 4) is 11.5 Å². The minimum Gasteiger partial charge on any atom is -0.507 e. The summed E-state index contributed by atoms with van der Waals surface area (Å²) in [5.74, 6) is 2.66. The Kier molecular flexibility index (Phi) is 4.04. The molecule has 3 heterocycles. The highest BCUT2D eigenvalue weighted by Gasteiger charge is 2.31. The molecule has 0 saturated carbocycles. The first-order valence-corrected chi connectivity index (χ1v) is 8.20. The minimum absolute atomic E-state index is 0.0911. The maximum Gasteiger partial charge on any atom is 0.187 e. The van der Waals surface area contributed by atoms with E-state index in [4.69, 9.17) is 14.5 Å². The van der Waals surface area contributed by atoms with Crippen LogP contribution in [-0.4, -0.2) is 54.0 Å². The van der Waals surface area contributed by atoms with E-state index in [0.29, 0.717) is 41.7 Å². The van der Waals surface area contributed by atoms with Gasteiger partial charge in [-0.25, -0.2) is 4.99 Å². The van der Waals surface area contributed by atoms with Crippen LogP contribution in [-0.2, 0) is 0 Å². The molecule has 1 N–H and O–H groups in total. The number of ether oxygens (including phenoxy) is 2. The largest absolute Gasteiger partial charge is 0.507 e. The minimum atomic E-state index is 0.0911. The van der Waals surface area contributed by atoms with Crippen molar-refractivity contribution in [1.82, 2.24) is 9.88 Å². The van der Waals surface area contributed by atoms with Gasteiger partial charge in [0.2, 0.25) is 0 Å². The van der Waals surface area contributed by atoms with Gasteiger partial charge in [0.1, 0.15) is 23.1 Å². The van der Waals surface area contributed by atoms with Crippen molar-refractivity contribution in [2.75, 3.05) is 27.3 Å². The molecule has 26 heavy (non-hydrogen) atoms. The second-order valence-electron chi connectivity index (χ2n) is 5.80. The van der Waals surface area contributed by atoms with Crippen LogP contribution in [0.1, 0.15) is 11.1 Å². The molecular weight excluding hydrogens is 332 g/mol. The fraction of sp³-hybridized carbons (Fsp3) is 0.211. The Morgan fingerprint density at radius 1 is 1.23 bits per heavy atom. The van der Waals surface area contributed by atoms with Gasteiger partial charge in [0.15, 0.2) is 11.5 Å². The van der Waals surface area contributed by atoms with Crippen LogP contribution in [0.3, 0.4) is 0 Å². The molecule has 7 heteroatoms. The lowest BCUT2D eigenvalue weighted by atomic mass is 10.1. The number of pyridine rings is 1. The molecule has 4 rings (SSSR count). The van der Waals surface area contributed by atoms with Crippen LogP contribution < -0.4 is 9.47 Å². The summed E-state index contributed by atoms with van der Waals surface area (Å²) < 4.78 is 10.9. The lowest BCUT2D eigenvalue weighted by molar-refractivity contribution is 0.356. The average Bonchev–Trinajstić information content (AvgIpc) is 3.18. The van der Waals surface area contributed by atoms with E-state index in [1.165, 1.54) is 0 Å². The highest BCUT2D eigenvalue weighted by atomic mass is 16.5. The molecular formula is C19H18N4O3. The van der Waals surface area contributed by atoms with Crippen LogP contribution in [0.4, 0.5) is 5.69 Å². The number of methoxy groups -OCH3 is 2. The summed E-state index contributed by atoms with van der Waals surface area (Å²) in [5.41, 5.74) is 2.16. The summed E-state index contributed by atoms with van der Waals surface area (Å²) in [6.45, 7) is 1.38. The SMILES string of the molecule is COc1ccc2c(c1OC)N=C(/C=C(/O)c1cccnc1)N1CCN=C21. The van der Waals surface area contributed by atoms with Gasteiger partial charge in [0.25, 0.3) is 0 Å². The molecule has 1 aromatic heterocycles. The Morgan fingerprint density at radius 3 is 2.85 bits per heavy atom. The first-order chi connectivity index (χ1) is 12.7. The number of nitrogens with zero attached hydrogens (tertiary/aromatic N) is 4. The third-order valence-electron chi connectivity index (χ3n) is 4.33. The molecule has 2 aliphatic rings. The van der Waals surface area contributed by atoms with Gasteiger partial charge in [0.05, 0.1) is 20.8 Å². The summed E-state index contributed by atoms with van der Waals surface area (Å²) in [7, 11) is 3.17. The van der Waals surface area contributed by atoms with Crippen molar-refractivity contribution in [3.05, 3.63) is 53.9 Å². The van der Waals surface area contributed by atoms with Gasteiger partial charge in [-0.15, -0.1) is 0 Å². The number of amidine groups is 2. The predicted octanol–water partition coefficient (Wildman–Crippen LogP) is 2.80. The Morgan fingerprint density at radius 2 is 2.12 bits per heavy atom. The number of aliphatic hydroxyl groups is 1. The van der Waals surface area contributed by atoms with Crippen molar-refractivity contribution < 1.29 is 14.6 Å². The molecule has 132 valence electrons. The second kappa shape index (κ2) is 6.51. The van der Waals surface area contributed by atoms with Crippen LogP contribution in [0, 0.1) is 0 Å². The number of aromatic nitrogens is 1. The van der Waals surface area contributed by atoms with Crippen LogP contribution in [0.15, 0.2) is 52.7 Å². The Bertz CT molecular complexity index is 935. The zero-order valence-corrected chi connectivity index (χ0v) is 14.5. The quantitative estimate of drug-likeness (QED) is 0.858. The van der Waals surface area contributed by atoms with Gasteiger partial charge in [-0.2, -0.15) is 0 Å². The zero-order valence-electron chi connectivity index (χ0n) is 14.5. The van der Waals surface area contributed by atoms with Crippen molar-refractivity contribution in [1.29, 1.82) is 0 Å². The molecule has 0 fully saturated rings. The van der Waals surface area contributed by atoms with Gasteiger partial charge in [-0.05, 0) is 24.3 Å². The fourth-order valence-corrected chi connectivity index (χ4v) is 3.11. The van der Waals surface area contributed by atoms with E-state index in [1.807, 2.05) is 17.0 Å². The van der Waals surface area contributed by atoms with Crippen molar-refractivity contribution in [2.45, 2.75) is 0 Å². The molecule has 0 unspecified atom stereocenters. The highest BCUT2D eigenvalue weighted by Crippen LogP contribution is 2.43. The zero-order chi connectivity index (χ0) is 18.1. The van der Waals surface area contributed by atoms with Gasteiger partial charge in [-0.3, -0.25) is 9.98 Å². The first-order valence-electron chi connectivity index (χ1n) is 8.20. The van der Waals surface area contributed by atoms with Crippen molar-refractivity contribution >= 4 is 23.1 Å². The van der Waals surface area contributed by atoms with Crippen molar-refractivity contribution in [3.63, 3.8) is 0 Å². The molecule has 0 spiro atoms. The average molecular weight is 350 g/mol. The summed E-state index contributed by atoms with van der Waals surface area (Å²) in [6, 6.07) is 7.34. The topological polar surface area (TPSA) is 79.5 Å². The Balaban J connectivity index is 1.86. The molecule has 0 atom stereocenters. The first kappa shape index (κ1) is 16.1. The van der Waals surface area contributed by atoms with Crippen molar-refractivity contribution in [2.24, 2.45) is 9.98 Å². The maximum absolute atomic E-state index is 10.5. The highest BCUT2D eigenvalue weighted by molar-refractivity contribution is 6.20.